The highest BCUT2D eigenvalue weighted by Crippen LogP contribution is 2.26. The van der Waals surface area contributed by atoms with Gasteiger partial charge in [0.15, 0.2) is 5.70 Å². The van der Waals surface area contributed by atoms with Gasteiger partial charge in [-0.05, 0) is 24.3 Å². The number of para-hydroxylation sites is 1. The van der Waals surface area contributed by atoms with E-state index in [0.29, 0.717) is 0 Å². The second-order valence-electron chi connectivity index (χ2n) is 4.73. The number of benzene rings is 2. The highest BCUT2D eigenvalue weighted by atomic mass is 19.3. The van der Waals surface area contributed by atoms with Crippen LogP contribution in [0.2, 0.25) is 0 Å². The number of carbonyl (C=O) groups excluding carboxylic acids is 1. The average molecular weight is 333 g/mol. The van der Waals surface area contributed by atoms with Gasteiger partial charge in [0.1, 0.15) is 11.6 Å². The van der Waals surface area contributed by atoms with E-state index in [1.54, 1.807) is 12.1 Å². The summed E-state index contributed by atoms with van der Waals surface area (Å²) in [7, 11) is 0. The number of hydrogen-bond acceptors (Lipinski definition) is 4. The van der Waals surface area contributed by atoms with Crippen molar-refractivity contribution >= 4 is 17.9 Å². The highest BCUT2D eigenvalue weighted by molar-refractivity contribution is 6.13. The summed E-state index contributed by atoms with van der Waals surface area (Å²) in [6, 6.07) is 11.6. The van der Waals surface area contributed by atoms with Crippen LogP contribution in [-0.2, 0) is 9.53 Å². The van der Waals surface area contributed by atoms with Crippen LogP contribution in [0.1, 0.15) is 11.1 Å². The lowest BCUT2D eigenvalue weighted by atomic mass is 10.1. The lowest BCUT2D eigenvalue weighted by Gasteiger charge is -2.07. The zero-order valence-electron chi connectivity index (χ0n) is 12.1. The van der Waals surface area contributed by atoms with Crippen molar-refractivity contribution in [3.63, 3.8) is 0 Å². The van der Waals surface area contributed by atoms with E-state index in [1.807, 2.05) is 0 Å². The fourth-order valence-electron chi connectivity index (χ4n) is 2.11. The van der Waals surface area contributed by atoms with Gasteiger partial charge in [-0.15, -0.1) is 0 Å². The maximum atomic E-state index is 13.7. The quantitative estimate of drug-likeness (QED) is 0.632. The Morgan fingerprint density at radius 2 is 1.79 bits per heavy atom. The molecule has 0 radical (unpaired) electrons. The molecule has 0 saturated carbocycles. The minimum atomic E-state index is -3.00. The van der Waals surface area contributed by atoms with E-state index in [9.17, 15) is 18.0 Å². The summed E-state index contributed by atoms with van der Waals surface area (Å²) >= 11 is 0. The lowest BCUT2D eigenvalue weighted by molar-refractivity contribution is -0.129. The van der Waals surface area contributed by atoms with Gasteiger partial charge in [-0.25, -0.2) is 14.2 Å². The van der Waals surface area contributed by atoms with Gasteiger partial charge >= 0.3 is 12.6 Å². The molecule has 0 aromatic heterocycles. The number of cyclic esters (lactones) is 1. The van der Waals surface area contributed by atoms with Gasteiger partial charge in [0.25, 0.3) is 0 Å². The fourth-order valence-corrected chi connectivity index (χ4v) is 2.11. The van der Waals surface area contributed by atoms with Gasteiger partial charge in [-0.2, -0.15) is 8.78 Å². The van der Waals surface area contributed by atoms with Crippen molar-refractivity contribution in [2.24, 2.45) is 4.99 Å². The van der Waals surface area contributed by atoms with E-state index in [1.165, 1.54) is 42.5 Å². The summed E-state index contributed by atoms with van der Waals surface area (Å²) in [6.45, 7) is -3.00. The number of ether oxygens (including phenoxy) is 2. The Morgan fingerprint density at radius 3 is 2.54 bits per heavy atom. The van der Waals surface area contributed by atoms with Crippen LogP contribution in [-0.4, -0.2) is 18.5 Å². The fraction of sp³-hybridized carbons (Fsp3) is 0.0588. The summed E-state index contributed by atoms with van der Waals surface area (Å²) in [5, 5.41) is 0. The van der Waals surface area contributed by atoms with Crippen LogP contribution in [0.5, 0.6) is 5.75 Å². The predicted octanol–water partition coefficient (Wildman–Crippen LogP) is 3.77. The van der Waals surface area contributed by atoms with Crippen LogP contribution in [0.15, 0.2) is 59.2 Å². The second kappa shape index (κ2) is 6.57. The number of aliphatic imine (C=N–C) groups is 1. The first-order valence-electron chi connectivity index (χ1n) is 6.86. The molecule has 2 aromatic rings. The van der Waals surface area contributed by atoms with Crippen LogP contribution in [0.4, 0.5) is 13.2 Å². The molecule has 1 aliphatic rings. The van der Waals surface area contributed by atoms with E-state index >= 15 is 0 Å². The lowest BCUT2D eigenvalue weighted by Crippen LogP contribution is -2.07. The minimum absolute atomic E-state index is 0.0337. The van der Waals surface area contributed by atoms with Gasteiger partial charge in [0, 0.05) is 5.56 Å². The Labute approximate surface area is 134 Å². The third kappa shape index (κ3) is 3.29. The van der Waals surface area contributed by atoms with Crippen LogP contribution >= 0.6 is 0 Å². The molecular weight excluding hydrogens is 323 g/mol. The molecule has 24 heavy (non-hydrogen) atoms. The topological polar surface area (TPSA) is 47.9 Å². The van der Waals surface area contributed by atoms with Crippen LogP contribution < -0.4 is 4.74 Å². The Hall–Kier alpha value is -3.09. The van der Waals surface area contributed by atoms with E-state index in [-0.39, 0.29) is 28.5 Å². The summed E-state index contributed by atoms with van der Waals surface area (Å²) < 4.78 is 47.9. The molecule has 0 spiro atoms. The van der Waals surface area contributed by atoms with E-state index < -0.39 is 18.4 Å². The van der Waals surface area contributed by atoms with Gasteiger partial charge in [-0.3, -0.25) is 0 Å². The number of carbonyl (C=O) groups is 1. The molecule has 0 saturated heterocycles. The maximum absolute atomic E-state index is 13.7. The van der Waals surface area contributed by atoms with Gasteiger partial charge in [0.05, 0.1) is 5.56 Å². The van der Waals surface area contributed by atoms with Crippen molar-refractivity contribution in [3.05, 3.63) is 71.2 Å². The third-order valence-corrected chi connectivity index (χ3v) is 3.15. The van der Waals surface area contributed by atoms with Crippen molar-refractivity contribution in [2.75, 3.05) is 0 Å². The highest BCUT2D eigenvalue weighted by Gasteiger charge is 2.26. The number of nitrogens with zero attached hydrogens (tertiary/aromatic N) is 1. The van der Waals surface area contributed by atoms with Crippen LogP contribution in [0.25, 0.3) is 6.08 Å². The number of alkyl halides is 2. The molecule has 2 aromatic carbocycles. The second-order valence-corrected chi connectivity index (χ2v) is 4.73. The SMILES string of the molecule is O=C1OC(c2ccccc2F)=N/C1=C\c1ccccc1OC(F)F. The number of hydrogen-bond donors (Lipinski definition) is 0. The number of rotatable bonds is 4. The molecule has 0 aliphatic carbocycles. The first-order valence-corrected chi connectivity index (χ1v) is 6.86. The van der Waals surface area contributed by atoms with Crippen LogP contribution in [0, 0.1) is 5.82 Å². The smallest absolute Gasteiger partial charge is 0.387 e. The van der Waals surface area contributed by atoms with Crippen molar-refractivity contribution in [1.82, 2.24) is 0 Å². The Kier molecular flexibility index (Phi) is 4.33. The van der Waals surface area contributed by atoms with Gasteiger partial charge < -0.3 is 9.47 Å². The average Bonchev–Trinajstić information content (AvgIpc) is 2.90. The summed E-state index contributed by atoms with van der Waals surface area (Å²) in [5.74, 6) is -1.69. The first-order chi connectivity index (χ1) is 11.5. The molecule has 0 atom stereocenters. The molecule has 1 aliphatic heterocycles. The molecular formula is C17H10F3NO3. The zero-order valence-corrected chi connectivity index (χ0v) is 12.1. The Bertz CT molecular complexity index is 846. The molecule has 0 N–H and O–H groups in total. The van der Waals surface area contributed by atoms with Crippen LogP contribution in [0.3, 0.4) is 0 Å². The molecule has 7 heteroatoms. The standard InChI is InChI=1S/C17H10F3NO3/c18-12-7-3-2-6-11(12)15-21-13(16(22)24-15)9-10-5-1-4-8-14(10)23-17(19)20/h1-9,17H/b13-9-. The van der Waals surface area contributed by atoms with E-state index in [0.717, 1.165) is 0 Å². The Balaban J connectivity index is 1.97. The first kappa shape index (κ1) is 15.8. The van der Waals surface area contributed by atoms with Crippen molar-refractivity contribution in [1.29, 1.82) is 0 Å². The number of halogens is 3. The molecule has 122 valence electrons. The minimum Gasteiger partial charge on any atom is -0.434 e. The zero-order chi connectivity index (χ0) is 17.1. The summed E-state index contributed by atoms with van der Waals surface area (Å²) in [6.07, 6.45) is 1.24. The predicted molar refractivity (Wildman–Crippen MR) is 80.1 cm³/mol. The van der Waals surface area contributed by atoms with E-state index in [2.05, 4.69) is 9.73 Å². The molecule has 0 bridgehead atoms. The molecule has 3 rings (SSSR count). The van der Waals surface area contributed by atoms with Crippen molar-refractivity contribution in [3.8, 4) is 5.75 Å². The molecule has 0 fully saturated rings. The Morgan fingerprint density at radius 1 is 1.08 bits per heavy atom. The molecule has 0 amide bonds. The van der Waals surface area contributed by atoms with Gasteiger partial charge in [0.2, 0.25) is 5.90 Å². The molecule has 0 unspecified atom stereocenters. The van der Waals surface area contributed by atoms with Gasteiger partial charge in [-0.1, -0.05) is 30.3 Å². The molecule has 4 nitrogen and oxygen atoms in total. The number of esters is 1. The largest absolute Gasteiger partial charge is 0.434 e. The third-order valence-electron chi connectivity index (χ3n) is 3.15. The summed E-state index contributed by atoms with van der Waals surface area (Å²) in [4.78, 5) is 15.8. The van der Waals surface area contributed by atoms with Crippen molar-refractivity contribution < 1.29 is 27.4 Å². The molecule has 1 heterocycles. The van der Waals surface area contributed by atoms with E-state index in [4.69, 9.17) is 4.74 Å². The maximum Gasteiger partial charge on any atom is 0.387 e. The summed E-state index contributed by atoms with van der Waals surface area (Å²) in [5.41, 5.74) is 0.119. The van der Waals surface area contributed by atoms with Crippen molar-refractivity contribution in [2.45, 2.75) is 6.61 Å². The monoisotopic (exact) mass is 333 g/mol. The normalized spacial score (nSPS) is 15.6.